The van der Waals surface area contributed by atoms with Crippen molar-refractivity contribution in [1.82, 2.24) is 4.98 Å². The Morgan fingerprint density at radius 2 is 2.10 bits per heavy atom. The molecule has 112 valence electrons. The smallest absolute Gasteiger partial charge is 0.131 e. The summed E-state index contributed by atoms with van der Waals surface area (Å²) >= 11 is 3.51. The second-order valence-electron chi connectivity index (χ2n) is 5.34. The van der Waals surface area contributed by atoms with Crippen LogP contribution in [0.15, 0.2) is 47.1 Å². The monoisotopic (exact) mass is 347 g/mol. The van der Waals surface area contributed by atoms with Gasteiger partial charge in [0.2, 0.25) is 0 Å². The highest BCUT2D eigenvalue weighted by molar-refractivity contribution is 9.10. The van der Waals surface area contributed by atoms with Crippen LogP contribution < -0.4 is 10.6 Å². The maximum absolute atomic E-state index is 6.09. The number of hydrogen-bond donors (Lipinski definition) is 1. The van der Waals surface area contributed by atoms with E-state index in [2.05, 4.69) is 64.1 Å². The normalized spacial score (nSPS) is 12.2. The fraction of sp³-hybridized carbons (Fsp3) is 0.353. The molecule has 0 saturated carbocycles. The number of nitrogens with two attached hydrogens (primary N) is 1. The van der Waals surface area contributed by atoms with Gasteiger partial charge in [0.25, 0.3) is 0 Å². The fourth-order valence-corrected chi connectivity index (χ4v) is 2.79. The van der Waals surface area contributed by atoms with Crippen LogP contribution in [0.1, 0.15) is 24.5 Å². The van der Waals surface area contributed by atoms with E-state index in [1.165, 1.54) is 11.1 Å². The maximum Gasteiger partial charge on any atom is 0.131 e. The van der Waals surface area contributed by atoms with E-state index in [0.717, 1.165) is 29.7 Å². The molecular formula is C17H22BrN3. The van der Waals surface area contributed by atoms with Gasteiger partial charge in [0.15, 0.2) is 0 Å². The minimum Gasteiger partial charge on any atom is -0.355 e. The number of hydrogen-bond acceptors (Lipinski definition) is 3. The molecular weight excluding hydrogens is 326 g/mol. The van der Waals surface area contributed by atoms with Crippen LogP contribution in [0.5, 0.6) is 0 Å². The zero-order valence-corrected chi connectivity index (χ0v) is 14.2. The third-order valence-electron chi connectivity index (χ3n) is 3.54. The summed E-state index contributed by atoms with van der Waals surface area (Å²) < 4.78 is 1.10. The minimum atomic E-state index is 0.187. The average Bonchev–Trinajstić information content (AvgIpc) is 2.47. The summed E-state index contributed by atoms with van der Waals surface area (Å²) in [5, 5.41) is 0. The van der Waals surface area contributed by atoms with Gasteiger partial charge in [-0.1, -0.05) is 41.1 Å². The summed E-state index contributed by atoms with van der Waals surface area (Å²) in [7, 11) is 2.07. The topological polar surface area (TPSA) is 42.1 Å². The lowest BCUT2D eigenvalue weighted by Crippen LogP contribution is -2.25. The van der Waals surface area contributed by atoms with Gasteiger partial charge in [0, 0.05) is 30.3 Å². The number of pyridine rings is 1. The van der Waals surface area contributed by atoms with Gasteiger partial charge in [0.1, 0.15) is 5.82 Å². The zero-order chi connectivity index (χ0) is 15.2. The standard InChI is InChI=1S/C17H22BrN3/c1-3-16(19)11-14-7-5-9-20-17(14)21(2)12-13-6-4-8-15(18)10-13/h4-10,16H,3,11-12,19H2,1-2H3. The van der Waals surface area contributed by atoms with E-state index in [-0.39, 0.29) is 6.04 Å². The Kier molecular flexibility index (Phi) is 5.76. The average molecular weight is 348 g/mol. The van der Waals surface area contributed by atoms with Gasteiger partial charge in [-0.25, -0.2) is 4.98 Å². The van der Waals surface area contributed by atoms with Gasteiger partial charge in [-0.2, -0.15) is 0 Å². The van der Waals surface area contributed by atoms with Gasteiger partial charge in [-0.15, -0.1) is 0 Å². The van der Waals surface area contributed by atoms with Crippen LogP contribution in [0, 0.1) is 0 Å². The van der Waals surface area contributed by atoms with Gasteiger partial charge in [-0.3, -0.25) is 0 Å². The molecule has 21 heavy (non-hydrogen) atoms. The Bertz CT molecular complexity index is 586. The van der Waals surface area contributed by atoms with Crippen LogP contribution in [0.2, 0.25) is 0 Å². The Morgan fingerprint density at radius 3 is 2.81 bits per heavy atom. The molecule has 2 N–H and O–H groups in total. The molecule has 1 atom stereocenters. The summed E-state index contributed by atoms with van der Waals surface area (Å²) in [5.74, 6) is 1.02. The molecule has 0 saturated heterocycles. The SMILES string of the molecule is CCC(N)Cc1cccnc1N(C)Cc1cccc(Br)c1. The summed E-state index contributed by atoms with van der Waals surface area (Å²) in [6.07, 6.45) is 3.68. The van der Waals surface area contributed by atoms with Crippen molar-refractivity contribution in [3.05, 3.63) is 58.2 Å². The van der Waals surface area contributed by atoms with E-state index in [9.17, 15) is 0 Å². The van der Waals surface area contributed by atoms with Gasteiger partial charge < -0.3 is 10.6 Å². The van der Waals surface area contributed by atoms with E-state index in [1.54, 1.807) is 0 Å². The van der Waals surface area contributed by atoms with Crippen LogP contribution in [0.4, 0.5) is 5.82 Å². The predicted octanol–water partition coefficient (Wildman–Crippen LogP) is 3.76. The van der Waals surface area contributed by atoms with Gasteiger partial charge in [0.05, 0.1) is 0 Å². The highest BCUT2D eigenvalue weighted by Gasteiger charge is 2.11. The largest absolute Gasteiger partial charge is 0.355 e. The second-order valence-corrected chi connectivity index (χ2v) is 6.26. The number of rotatable bonds is 6. The lowest BCUT2D eigenvalue weighted by Gasteiger charge is -2.22. The van der Waals surface area contributed by atoms with E-state index < -0.39 is 0 Å². The minimum absolute atomic E-state index is 0.187. The van der Waals surface area contributed by atoms with E-state index in [1.807, 2.05) is 18.3 Å². The van der Waals surface area contributed by atoms with Crippen molar-refractivity contribution in [2.75, 3.05) is 11.9 Å². The quantitative estimate of drug-likeness (QED) is 0.864. The lowest BCUT2D eigenvalue weighted by atomic mass is 10.0. The van der Waals surface area contributed by atoms with Crippen LogP contribution in [0.25, 0.3) is 0 Å². The molecule has 1 unspecified atom stereocenters. The third kappa shape index (κ3) is 4.55. The van der Waals surface area contributed by atoms with Crippen molar-refractivity contribution in [2.24, 2.45) is 5.73 Å². The molecule has 2 aromatic rings. The Labute approximate surface area is 135 Å². The second kappa shape index (κ2) is 7.57. The van der Waals surface area contributed by atoms with Crippen molar-refractivity contribution in [3.63, 3.8) is 0 Å². The van der Waals surface area contributed by atoms with Crippen molar-refractivity contribution in [2.45, 2.75) is 32.4 Å². The van der Waals surface area contributed by atoms with Crippen molar-refractivity contribution in [3.8, 4) is 0 Å². The summed E-state index contributed by atoms with van der Waals surface area (Å²) in [6.45, 7) is 2.94. The molecule has 0 bridgehead atoms. The Balaban J connectivity index is 2.17. The van der Waals surface area contributed by atoms with Crippen molar-refractivity contribution >= 4 is 21.7 Å². The molecule has 1 heterocycles. The molecule has 2 rings (SSSR count). The number of anilines is 1. The molecule has 0 radical (unpaired) electrons. The molecule has 0 aliphatic rings. The third-order valence-corrected chi connectivity index (χ3v) is 4.04. The maximum atomic E-state index is 6.09. The van der Waals surface area contributed by atoms with Crippen LogP contribution >= 0.6 is 15.9 Å². The van der Waals surface area contributed by atoms with Gasteiger partial charge >= 0.3 is 0 Å². The first kappa shape index (κ1) is 16.0. The highest BCUT2D eigenvalue weighted by atomic mass is 79.9. The molecule has 1 aromatic carbocycles. The predicted molar refractivity (Wildman–Crippen MR) is 92.5 cm³/mol. The number of nitrogens with zero attached hydrogens (tertiary/aromatic N) is 2. The number of benzene rings is 1. The molecule has 0 aliphatic heterocycles. The lowest BCUT2D eigenvalue weighted by molar-refractivity contribution is 0.643. The summed E-state index contributed by atoms with van der Waals surface area (Å²) in [4.78, 5) is 6.72. The molecule has 4 heteroatoms. The molecule has 0 spiro atoms. The molecule has 0 amide bonds. The molecule has 0 aliphatic carbocycles. The summed E-state index contributed by atoms with van der Waals surface area (Å²) in [6, 6.07) is 12.6. The zero-order valence-electron chi connectivity index (χ0n) is 12.6. The van der Waals surface area contributed by atoms with E-state index in [4.69, 9.17) is 5.73 Å². The first-order chi connectivity index (χ1) is 10.1. The van der Waals surface area contributed by atoms with Crippen LogP contribution in [0.3, 0.4) is 0 Å². The van der Waals surface area contributed by atoms with Crippen molar-refractivity contribution < 1.29 is 0 Å². The van der Waals surface area contributed by atoms with Crippen LogP contribution in [-0.4, -0.2) is 18.1 Å². The van der Waals surface area contributed by atoms with E-state index in [0.29, 0.717) is 0 Å². The fourth-order valence-electron chi connectivity index (χ4n) is 2.34. The Hall–Kier alpha value is -1.39. The summed E-state index contributed by atoms with van der Waals surface area (Å²) in [5.41, 5.74) is 8.56. The van der Waals surface area contributed by atoms with Crippen molar-refractivity contribution in [1.29, 1.82) is 0 Å². The Morgan fingerprint density at radius 1 is 1.29 bits per heavy atom. The highest BCUT2D eigenvalue weighted by Crippen LogP contribution is 2.21. The number of halogens is 1. The van der Waals surface area contributed by atoms with E-state index >= 15 is 0 Å². The number of aromatic nitrogens is 1. The van der Waals surface area contributed by atoms with Gasteiger partial charge in [-0.05, 0) is 42.2 Å². The molecule has 1 aromatic heterocycles. The first-order valence-electron chi connectivity index (χ1n) is 7.25. The first-order valence-corrected chi connectivity index (χ1v) is 8.04. The molecule has 0 fully saturated rings. The molecule has 3 nitrogen and oxygen atoms in total. The van der Waals surface area contributed by atoms with Crippen LogP contribution in [-0.2, 0) is 13.0 Å².